The summed E-state index contributed by atoms with van der Waals surface area (Å²) in [5, 5.41) is 12.0. The van der Waals surface area contributed by atoms with Crippen LogP contribution in [0.25, 0.3) is 5.57 Å². The zero-order valence-electron chi connectivity index (χ0n) is 15.2. The van der Waals surface area contributed by atoms with Crippen molar-refractivity contribution in [1.82, 2.24) is 9.97 Å². The molecule has 0 bridgehead atoms. The fourth-order valence-electron chi connectivity index (χ4n) is 3.71. The van der Waals surface area contributed by atoms with Gasteiger partial charge in [-0.1, -0.05) is 49.8 Å². The number of halogens is 1. The highest BCUT2D eigenvalue weighted by atomic mass is 35.5. The predicted molar refractivity (Wildman–Crippen MR) is 105 cm³/mol. The van der Waals surface area contributed by atoms with Crippen molar-refractivity contribution in [2.45, 2.75) is 77.2 Å². The molecule has 2 saturated carbocycles. The van der Waals surface area contributed by atoms with Crippen LogP contribution in [0, 0.1) is 11.3 Å². The molecule has 4 nitrogen and oxygen atoms in total. The number of anilines is 1. The highest BCUT2D eigenvalue weighted by Crippen LogP contribution is 2.39. The largest absolute Gasteiger partial charge is 0.351 e. The number of aromatic nitrogens is 2. The summed E-state index contributed by atoms with van der Waals surface area (Å²) in [5.41, 5.74) is 2.94. The Morgan fingerprint density at radius 1 is 1.28 bits per heavy atom. The molecule has 2 aliphatic rings. The van der Waals surface area contributed by atoms with Gasteiger partial charge in [0.1, 0.15) is 0 Å². The van der Waals surface area contributed by atoms with Gasteiger partial charge in [-0.2, -0.15) is 0 Å². The molecular formula is C20H29ClN4. The molecule has 2 N–H and O–H groups in total. The van der Waals surface area contributed by atoms with Crippen molar-refractivity contribution >= 4 is 29.3 Å². The molecule has 0 saturated heterocycles. The Kier molecular flexibility index (Phi) is 6.46. The molecule has 25 heavy (non-hydrogen) atoms. The van der Waals surface area contributed by atoms with Gasteiger partial charge >= 0.3 is 0 Å². The molecule has 3 rings (SSSR count). The van der Waals surface area contributed by atoms with Gasteiger partial charge in [-0.05, 0) is 44.4 Å². The van der Waals surface area contributed by atoms with Crippen LogP contribution in [0.3, 0.4) is 0 Å². The third-order valence-electron chi connectivity index (χ3n) is 5.25. The van der Waals surface area contributed by atoms with Crippen LogP contribution in [-0.2, 0) is 0 Å². The van der Waals surface area contributed by atoms with Crippen molar-refractivity contribution in [3.05, 3.63) is 22.5 Å². The van der Waals surface area contributed by atoms with Crippen LogP contribution < -0.4 is 5.32 Å². The van der Waals surface area contributed by atoms with Gasteiger partial charge < -0.3 is 10.7 Å². The number of rotatable bonds is 8. The third kappa shape index (κ3) is 5.04. The van der Waals surface area contributed by atoms with Crippen LogP contribution in [-0.4, -0.2) is 22.2 Å². The van der Waals surface area contributed by atoms with Gasteiger partial charge in [-0.3, -0.25) is 0 Å². The molecule has 1 aromatic rings. The van der Waals surface area contributed by atoms with Gasteiger partial charge in [0.2, 0.25) is 5.95 Å². The Labute approximate surface area is 156 Å². The van der Waals surface area contributed by atoms with Gasteiger partial charge in [-0.25, -0.2) is 9.97 Å². The Hall–Kier alpha value is -1.42. The average Bonchev–Trinajstić information content (AvgIpc) is 3.43. The van der Waals surface area contributed by atoms with E-state index in [0.29, 0.717) is 22.7 Å². The predicted octanol–water partition coefficient (Wildman–Crippen LogP) is 5.88. The van der Waals surface area contributed by atoms with Crippen molar-refractivity contribution in [1.29, 1.82) is 5.41 Å². The van der Waals surface area contributed by atoms with Gasteiger partial charge in [0.05, 0.1) is 16.9 Å². The highest BCUT2D eigenvalue weighted by Gasteiger charge is 2.25. The van der Waals surface area contributed by atoms with E-state index in [9.17, 15) is 0 Å². The first-order chi connectivity index (χ1) is 12.2. The number of nitrogens with zero attached hydrogens (tertiary/aromatic N) is 2. The first kappa shape index (κ1) is 18.4. The van der Waals surface area contributed by atoms with E-state index in [2.05, 4.69) is 17.2 Å². The summed E-state index contributed by atoms with van der Waals surface area (Å²) < 4.78 is 0. The summed E-state index contributed by atoms with van der Waals surface area (Å²) in [4.78, 5) is 9.08. The lowest BCUT2D eigenvalue weighted by molar-refractivity contribution is 0.461. The van der Waals surface area contributed by atoms with Gasteiger partial charge in [0, 0.05) is 17.8 Å². The van der Waals surface area contributed by atoms with Gasteiger partial charge in [-0.15, -0.1) is 0 Å². The normalized spacial score (nSPS) is 19.4. The second-order valence-electron chi connectivity index (χ2n) is 7.43. The van der Waals surface area contributed by atoms with Crippen LogP contribution in [0.4, 0.5) is 5.95 Å². The SMILES string of the molecule is CCC/C(CC1CC1)=C(\C=N)c1nc(NC2CCCCC2)ncc1Cl. The molecule has 2 aliphatic carbocycles. The Bertz CT molecular complexity index is 631. The standard InChI is InChI=1S/C20H29ClN4/c1-2-6-15(11-14-9-10-14)17(12-22)19-18(21)13-23-20(25-19)24-16-7-4-3-5-8-16/h12-14,16,22H,2-11H2,1H3,(H,23,24,25)/b17-15-,22-12?. The zero-order chi connectivity index (χ0) is 17.6. The van der Waals surface area contributed by atoms with E-state index in [1.165, 1.54) is 56.7 Å². The second-order valence-corrected chi connectivity index (χ2v) is 7.84. The van der Waals surface area contributed by atoms with E-state index in [1.807, 2.05) is 0 Å². The quantitative estimate of drug-likeness (QED) is 0.569. The smallest absolute Gasteiger partial charge is 0.223 e. The molecule has 0 atom stereocenters. The van der Waals surface area contributed by atoms with Crippen LogP contribution >= 0.6 is 11.6 Å². The lowest BCUT2D eigenvalue weighted by Gasteiger charge is -2.23. The van der Waals surface area contributed by atoms with Crippen LogP contribution in [0.5, 0.6) is 0 Å². The maximum absolute atomic E-state index is 7.97. The zero-order valence-corrected chi connectivity index (χ0v) is 15.9. The van der Waals surface area contributed by atoms with Gasteiger partial charge in [0.15, 0.2) is 0 Å². The molecule has 0 aromatic carbocycles. The van der Waals surface area contributed by atoms with Gasteiger partial charge in [0.25, 0.3) is 0 Å². The number of hydrogen-bond acceptors (Lipinski definition) is 4. The minimum Gasteiger partial charge on any atom is -0.351 e. The number of allylic oxidation sites excluding steroid dienone is 2. The van der Waals surface area contributed by atoms with E-state index in [0.717, 1.165) is 30.8 Å². The summed E-state index contributed by atoms with van der Waals surface area (Å²) in [6.07, 6.45) is 15.1. The van der Waals surface area contributed by atoms with E-state index >= 15 is 0 Å². The fraction of sp³-hybridized carbons (Fsp3) is 0.650. The average molecular weight is 361 g/mol. The van der Waals surface area contributed by atoms with E-state index in [-0.39, 0.29) is 0 Å². The summed E-state index contributed by atoms with van der Waals surface area (Å²) in [6.45, 7) is 2.19. The second kappa shape index (κ2) is 8.79. The lowest BCUT2D eigenvalue weighted by Crippen LogP contribution is -2.23. The molecule has 0 radical (unpaired) electrons. The first-order valence-corrected chi connectivity index (χ1v) is 10.1. The summed E-state index contributed by atoms with van der Waals surface area (Å²) in [5.74, 6) is 1.44. The molecule has 1 aromatic heterocycles. The summed E-state index contributed by atoms with van der Waals surface area (Å²) in [7, 11) is 0. The minimum atomic E-state index is 0.455. The minimum absolute atomic E-state index is 0.455. The molecule has 1 heterocycles. The first-order valence-electron chi connectivity index (χ1n) is 9.73. The third-order valence-corrected chi connectivity index (χ3v) is 5.52. The molecular weight excluding hydrogens is 332 g/mol. The molecule has 0 aliphatic heterocycles. The molecule has 2 fully saturated rings. The molecule has 5 heteroatoms. The van der Waals surface area contributed by atoms with Crippen molar-refractivity contribution in [3.63, 3.8) is 0 Å². The van der Waals surface area contributed by atoms with Crippen molar-refractivity contribution in [3.8, 4) is 0 Å². The topological polar surface area (TPSA) is 61.7 Å². The van der Waals surface area contributed by atoms with E-state index in [1.54, 1.807) is 6.20 Å². The Balaban J connectivity index is 1.86. The maximum Gasteiger partial charge on any atom is 0.223 e. The van der Waals surface area contributed by atoms with Crippen LogP contribution in [0.1, 0.15) is 76.8 Å². The highest BCUT2D eigenvalue weighted by molar-refractivity contribution is 6.33. The van der Waals surface area contributed by atoms with Crippen LogP contribution in [0.2, 0.25) is 5.02 Å². The number of hydrogen-bond donors (Lipinski definition) is 2. The molecule has 0 amide bonds. The number of nitrogens with one attached hydrogen (secondary N) is 2. The Morgan fingerprint density at radius 3 is 2.68 bits per heavy atom. The summed E-state index contributed by atoms with van der Waals surface area (Å²) in [6, 6.07) is 0.455. The van der Waals surface area contributed by atoms with E-state index < -0.39 is 0 Å². The molecule has 0 spiro atoms. The molecule has 136 valence electrons. The van der Waals surface area contributed by atoms with Crippen molar-refractivity contribution in [2.24, 2.45) is 5.92 Å². The lowest BCUT2D eigenvalue weighted by atomic mass is 9.95. The molecule has 0 unspecified atom stereocenters. The van der Waals surface area contributed by atoms with Crippen molar-refractivity contribution in [2.75, 3.05) is 5.32 Å². The monoisotopic (exact) mass is 360 g/mol. The Morgan fingerprint density at radius 2 is 2.04 bits per heavy atom. The summed E-state index contributed by atoms with van der Waals surface area (Å²) >= 11 is 6.42. The van der Waals surface area contributed by atoms with E-state index in [4.69, 9.17) is 22.0 Å². The fourth-order valence-corrected chi connectivity index (χ4v) is 3.90. The van der Waals surface area contributed by atoms with Crippen molar-refractivity contribution < 1.29 is 0 Å². The maximum atomic E-state index is 7.97. The van der Waals surface area contributed by atoms with Crippen LogP contribution in [0.15, 0.2) is 11.8 Å².